The number of hydrogen-bond donors (Lipinski definition) is 0. The minimum atomic E-state index is 0.661. The summed E-state index contributed by atoms with van der Waals surface area (Å²) < 4.78 is 5.12. The first kappa shape index (κ1) is 9.52. The second-order valence-corrected chi connectivity index (χ2v) is 2.73. The molecule has 0 aliphatic carbocycles. The Labute approximate surface area is 77.9 Å². The van der Waals surface area contributed by atoms with E-state index in [1.807, 2.05) is 19.1 Å². The van der Waals surface area contributed by atoms with Crippen molar-refractivity contribution in [2.75, 3.05) is 7.11 Å². The Morgan fingerprint density at radius 3 is 2.77 bits per heavy atom. The number of methoxy groups -OCH3 is 1. The highest BCUT2D eigenvalue weighted by molar-refractivity contribution is 5.46. The van der Waals surface area contributed by atoms with Gasteiger partial charge in [0.05, 0.1) is 7.11 Å². The molecular weight excluding hydrogens is 162 g/mol. The SMILES string of the molecule is C=C/C(OC)=c1/nc(C)ccc1=C. The van der Waals surface area contributed by atoms with Crippen LogP contribution in [0.1, 0.15) is 5.69 Å². The van der Waals surface area contributed by atoms with Gasteiger partial charge >= 0.3 is 0 Å². The molecule has 0 atom stereocenters. The fraction of sp³-hybridized carbons (Fsp3) is 0.182. The van der Waals surface area contributed by atoms with Gasteiger partial charge in [-0.15, -0.1) is 0 Å². The van der Waals surface area contributed by atoms with E-state index >= 15 is 0 Å². The maximum absolute atomic E-state index is 5.12. The smallest absolute Gasteiger partial charge is 0.144 e. The summed E-state index contributed by atoms with van der Waals surface area (Å²) in [7, 11) is 1.60. The third kappa shape index (κ3) is 1.96. The van der Waals surface area contributed by atoms with E-state index in [9.17, 15) is 0 Å². The van der Waals surface area contributed by atoms with Crippen LogP contribution in [0.3, 0.4) is 0 Å². The quantitative estimate of drug-likeness (QED) is 0.661. The largest absolute Gasteiger partial charge is 0.494 e. The summed E-state index contributed by atoms with van der Waals surface area (Å²) in [5.74, 6) is 0.661. The van der Waals surface area contributed by atoms with Crippen molar-refractivity contribution >= 4 is 12.3 Å². The summed E-state index contributed by atoms with van der Waals surface area (Å²) in [6.45, 7) is 9.45. The summed E-state index contributed by atoms with van der Waals surface area (Å²) in [5, 5.41) is 1.61. The average Bonchev–Trinajstić information content (AvgIpc) is 2.13. The van der Waals surface area contributed by atoms with Crippen molar-refractivity contribution in [2.45, 2.75) is 6.92 Å². The van der Waals surface area contributed by atoms with Gasteiger partial charge in [-0.1, -0.05) is 19.2 Å². The summed E-state index contributed by atoms with van der Waals surface area (Å²) in [5.41, 5.74) is 0.943. The van der Waals surface area contributed by atoms with Gasteiger partial charge < -0.3 is 4.74 Å². The third-order valence-electron chi connectivity index (χ3n) is 1.76. The standard InChI is InChI=1S/C11H13NO/c1-5-10(13-4)11-8(2)6-7-9(3)12-11/h5-7H,1-2H2,3-4H3/b11-10-. The predicted octanol–water partition coefficient (Wildman–Crippen LogP) is 0.741. The number of rotatable bonds is 2. The van der Waals surface area contributed by atoms with Crippen LogP contribution in [0.5, 0.6) is 0 Å². The molecular formula is C11H13NO. The molecule has 0 bridgehead atoms. The van der Waals surface area contributed by atoms with E-state index in [1.54, 1.807) is 13.2 Å². The molecule has 1 aromatic rings. The van der Waals surface area contributed by atoms with Crippen molar-refractivity contribution in [3.8, 4) is 0 Å². The molecule has 0 saturated carbocycles. The van der Waals surface area contributed by atoms with Crippen LogP contribution in [0.2, 0.25) is 0 Å². The van der Waals surface area contributed by atoms with Gasteiger partial charge in [0, 0.05) is 5.69 Å². The Bertz CT molecular complexity index is 420. The zero-order chi connectivity index (χ0) is 9.84. The van der Waals surface area contributed by atoms with E-state index in [0.29, 0.717) is 5.76 Å². The van der Waals surface area contributed by atoms with Gasteiger partial charge in [-0.25, -0.2) is 4.98 Å². The van der Waals surface area contributed by atoms with Gasteiger partial charge in [0.15, 0.2) is 0 Å². The lowest BCUT2D eigenvalue weighted by Crippen LogP contribution is -2.29. The molecule has 1 heterocycles. The molecule has 68 valence electrons. The van der Waals surface area contributed by atoms with Crippen molar-refractivity contribution < 1.29 is 4.74 Å². The lowest BCUT2D eigenvalue weighted by atomic mass is 10.3. The topological polar surface area (TPSA) is 22.1 Å². The molecule has 13 heavy (non-hydrogen) atoms. The molecule has 0 fully saturated rings. The van der Waals surface area contributed by atoms with Crippen LogP contribution in [0.25, 0.3) is 12.3 Å². The van der Waals surface area contributed by atoms with Gasteiger partial charge in [-0.3, -0.25) is 0 Å². The molecule has 0 unspecified atom stereocenters. The van der Waals surface area contributed by atoms with Crippen LogP contribution in [0, 0.1) is 6.92 Å². The van der Waals surface area contributed by atoms with Crippen LogP contribution in [-0.4, -0.2) is 12.1 Å². The lowest BCUT2D eigenvalue weighted by molar-refractivity contribution is 0.368. The van der Waals surface area contributed by atoms with Crippen LogP contribution in [0.4, 0.5) is 0 Å². The fourth-order valence-electron chi connectivity index (χ4n) is 1.08. The van der Waals surface area contributed by atoms with E-state index in [2.05, 4.69) is 18.1 Å². The predicted molar refractivity (Wildman–Crippen MR) is 54.4 cm³/mol. The van der Waals surface area contributed by atoms with E-state index < -0.39 is 0 Å². The first-order chi connectivity index (χ1) is 6.19. The van der Waals surface area contributed by atoms with Gasteiger partial charge in [0.2, 0.25) is 0 Å². The van der Waals surface area contributed by atoms with E-state index in [-0.39, 0.29) is 0 Å². The van der Waals surface area contributed by atoms with Gasteiger partial charge in [-0.2, -0.15) is 0 Å². The number of ether oxygens (including phenoxy) is 1. The highest BCUT2D eigenvalue weighted by Gasteiger charge is 1.94. The van der Waals surface area contributed by atoms with Crippen molar-refractivity contribution in [3.05, 3.63) is 41.0 Å². The van der Waals surface area contributed by atoms with Gasteiger partial charge in [0.1, 0.15) is 11.1 Å². The molecule has 1 rings (SSSR count). The second-order valence-electron chi connectivity index (χ2n) is 2.73. The molecule has 0 saturated heterocycles. The van der Waals surface area contributed by atoms with Crippen LogP contribution in [-0.2, 0) is 4.74 Å². The molecule has 0 aliphatic heterocycles. The lowest BCUT2D eigenvalue weighted by Gasteiger charge is -1.99. The molecule has 0 aromatic carbocycles. The normalized spacial score (nSPS) is 12.2. The summed E-state index contributed by atoms with van der Waals surface area (Å²) in [6, 6.07) is 3.84. The van der Waals surface area contributed by atoms with E-state index in [4.69, 9.17) is 4.74 Å². The Morgan fingerprint density at radius 1 is 1.54 bits per heavy atom. The van der Waals surface area contributed by atoms with Crippen LogP contribution >= 0.6 is 0 Å². The molecule has 0 spiro atoms. The molecule has 0 N–H and O–H groups in total. The molecule has 2 heteroatoms. The van der Waals surface area contributed by atoms with E-state index in [0.717, 1.165) is 16.3 Å². The highest BCUT2D eigenvalue weighted by Crippen LogP contribution is 1.91. The highest BCUT2D eigenvalue weighted by atomic mass is 16.5. The number of hydrogen-bond acceptors (Lipinski definition) is 2. The fourth-order valence-corrected chi connectivity index (χ4v) is 1.08. The average molecular weight is 175 g/mol. The molecule has 1 aromatic heterocycles. The number of nitrogens with zero attached hydrogens (tertiary/aromatic N) is 1. The number of pyridine rings is 1. The zero-order valence-corrected chi connectivity index (χ0v) is 8.00. The zero-order valence-electron chi connectivity index (χ0n) is 8.00. The monoisotopic (exact) mass is 175 g/mol. The summed E-state index contributed by atoms with van der Waals surface area (Å²) in [4.78, 5) is 4.32. The van der Waals surface area contributed by atoms with E-state index in [1.165, 1.54) is 0 Å². The number of aryl methyl sites for hydroxylation is 1. The maximum atomic E-state index is 5.12. The van der Waals surface area contributed by atoms with Crippen molar-refractivity contribution in [3.63, 3.8) is 0 Å². The van der Waals surface area contributed by atoms with Crippen molar-refractivity contribution in [1.82, 2.24) is 4.98 Å². The van der Waals surface area contributed by atoms with Crippen molar-refractivity contribution in [1.29, 1.82) is 0 Å². The minimum Gasteiger partial charge on any atom is -0.494 e. The molecule has 0 radical (unpaired) electrons. The van der Waals surface area contributed by atoms with Crippen LogP contribution < -0.4 is 10.6 Å². The number of aromatic nitrogens is 1. The molecule has 2 nitrogen and oxygen atoms in total. The minimum absolute atomic E-state index is 0.661. The Balaban J connectivity index is 3.59. The molecule has 0 aliphatic rings. The first-order valence-corrected chi connectivity index (χ1v) is 4.02. The summed E-state index contributed by atoms with van der Waals surface area (Å²) >= 11 is 0. The Morgan fingerprint density at radius 2 is 2.23 bits per heavy atom. The molecule has 0 amide bonds. The van der Waals surface area contributed by atoms with Gasteiger partial charge in [-0.05, 0) is 24.3 Å². The first-order valence-electron chi connectivity index (χ1n) is 4.02. The second kappa shape index (κ2) is 3.90. The third-order valence-corrected chi connectivity index (χ3v) is 1.76. The van der Waals surface area contributed by atoms with Crippen molar-refractivity contribution in [2.24, 2.45) is 0 Å². The summed E-state index contributed by atoms with van der Waals surface area (Å²) in [6.07, 6.45) is 1.64. The Kier molecular flexibility index (Phi) is 2.85. The Hall–Kier alpha value is -1.57. The maximum Gasteiger partial charge on any atom is 0.144 e. The van der Waals surface area contributed by atoms with Gasteiger partial charge in [0.25, 0.3) is 0 Å². The van der Waals surface area contributed by atoms with Crippen LogP contribution in [0.15, 0.2) is 24.8 Å².